The van der Waals surface area contributed by atoms with Gasteiger partial charge in [0.2, 0.25) is 0 Å². The maximum absolute atomic E-state index is 3.86. The molecule has 1 saturated heterocycles. The quantitative estimate of drug-likeness (QED) is 0.850. The highest BCUT2D eigenvalue weighted by Crippen LogP contribution is 2.23. The molecule has 0 radical (unpaired) electrons. The molecule has 2 nitrogen and oxygen atoms in total. The fourth-order valence-electron chi connectivity index (χ4n) is 4.36. The fraction of sp³-hybridized carbons (Fsp3) is 0.565. The normalized spacial score (nSPS) is 23.1. The molecule has 0 spiro atoms. The van der Waals surface area contributed by atoms with Crippen LogP contribution in [0.2, 0.25) is 0 Å². The zero-order chi connectivity index (χ0) is 17.5. The Bertz CT molecular complexity index is 577. The van der Waals surface area contributed by atoms with Gasteiger partial charge in [-0.15, -0.1) is 0 Å². The van der Waals surface area contributed by atoms with Crippen LogP contribution in [0.5, 0.6) is 0 Å². The lowest BCUT2D eigenvalue weighted by Gasteiger charge is -2.27. The van der Waals surface area contributed by atoms with E-state index in [1.165, 1.54) is 50.6 Å². The van der Waals surface area contributed by atoms with Gasteiger partial charge in [0.05, 0.1) is 0 Å². The molecule has 0 bridgehead atoms. The number of likely N-dealkylation sites (tertiary alicyclic amines) is 1. The van der Waals surface area contributed by atoms with Crippen molar-refractivity contribution in [1.29, 1.82) is 0 Å². The summed E-state index contributed by atoms with van der Waals surface area (Å²) >= 11 is 0. The minimum absolute atomic E-state index is 0.642. The summed E-state index contributed by atoms with van der Waals surface area (Å²) in [6.45, 7) is 7.56. The molecule has 0 aromatic heterocycles. The van der Waals surface area contributed by atoms with Crippen LogP contribution < -0.4 is 5.32 Å². The van der Waals surface area contributed by atoms with Crippen molar-refractivity contribution in [2.24, 2.45) is 0 Å². The molecule has 4 rings (SSSR count). The first-order valence-corrected chi connectivity index (χ1v) is 10.3. The second kappa shape index (κ2) is 9.35. The topological polar surface area (TPSA) is 15.3 Å². The molecule has 1 aliphatic heterocycles. The van der Waals surface area contributed by atoms with Gasteiger partial charge in [-0.3, -0.25) is 4.90 Å². The largest absolute Gasteiger partial charge is 0.312 e. The molecule has 1 N–H and O–H groups in total. The van der Waals surface area contributed by atoms with E-state index in [0.717, 1.165) is 19.1 Å². The van der Waals surface area contributed by atoms with Crippen molar-refractivity contribution in [3.05, 3.63) is 59.2 Å². The number of hydrogen-bond donors (Lipinski definition) is 1. The number of rotatable bonds is 5. The van der Waals surface area contributed by atoms with Crippen LogP contribution in [0.3, 0.4) is 0 Å². The smallest absolute Gasteiger partial charge is 0.0233 e. The molecular formula is C23H34N2. The second-order valence-corrected chi connectivity index (χ2v) is 7.31. The van der Waals surface area contributed by atoms with Crippen molar-refractivity contribution in [1.82, 2.24) is 10.2 Å². The molecule has 1 unspecified atom stereocenters. The van der Waals surface area contributed by atoms with Crippen LogP contribution >= 0.6 is 0 Å². The molecule has 2 heteroatoms. The lowest BCUT2D eigenvalue weighted by Crippen LogP contribution is -2.42. The Balaban J connectivity index is 0.000000880. The van der Waals surface area contributed by atoms with Gasteiger partial charge in [0.1, 0.15) is 0 Å². The predicted octanol–water partition coefficient (Wildman–Crippen LogP) is 4.51. The molecule has 1 aromatic carbocycles. The van der Waals surface area contributed by atoms with Crippen LogP contribution in [0.4, 0.5) is 0 Å². The van der Waals surface area contributed by atoms with E-state index in [2.05, 4.69) is 52.7 Å². The molecule has 1 heterocycles. The van der Waals surface area contributed by atoms with Gasteiger partial charge >= 0.3 is 0 Å². The Morgan fingerprint density at radius 2 is 1.84 bits per heavy atom. The molecule has 25 heavy (non-hydrogen) atoms. The predicted molar refractivity (Wildman–Crippen MR) is 108 cm³/mol. The van der Waals surface area contributed by atoms with E-state index in [1.807, 2.05) is 13.8 Å². The van der Waals surface area contributed by atoms with Crippen molar-refractivity contribution in [3.8, 4) is 0 Å². The van der Waals surface area contributed by atoms with Crippen molar-refractivity contribution in [3.63, 3.8) is 0 Å². The van der Waals surface area contributed by atoms with Gasteiger partial charge in [-0.25, -0.2) is 0 Å². The minimum atomic E-state index is 0.642. The van der Waals surface area contributed by atoms with Gasteiger partial charge in [-0.1, -0.05) is 56.3 Å². The van der Waals surface area contributed by atoms with E-state index < -0.39 is 0 Å². The number of fused-ring (bicyclic) bond motifs is 1. The second-order valence-electron chi connectivity index (χ2n) is 7.31. The Hall–Kier alpha value is -1.38. The first-order valence-electron chi connectivity index (χ1n) is 10.3. The number of allylic oxidation sites excluding steroid dienone is 2. The SMILES string of the molecule is C1=CC(CN2CCCC2CNC2Cc3ccccc3C2)=CCC1.CC. The molecule has 3 aliphatic rings. The summed E-state index contributed by atoms with van der Waals surface area (Å²) in [5.74, 6) is 0. The van der Waals surface area contributed by atoms with Gasteiger partial charge in [-0.2, -0.15) is 0 Å². The van der Waals surface area contributed by atoms with Gasteiger partial charge in [0.25, 0.3) is 0 Å². The molecule has 136 valence electrons. The minimum Gasteiger partial charge on any atom is -0.312 e. The highest BCUT2D eigenvalue weighted by atomic mass is 15.2. The van der Waals surface area contributed by atoms with E-state index >= 15 is 0 Å². The third kappa shape index (κ3) is 4.83. The first kappa shape index (κ1) is 18.4. The van der Waals surface area contributed by atoms with Crippen molar-refractivity contribution < 1.29 is 0 Å². The summed E-state index contributed by atoms with van der Waals surface area (Å²) in [6, 6.07) is 10.3. The maximum Gasteiger partial charge on any atom is 0.0233 e. The summed E-state index contributed by atoms with van der Waals surface area (Å²) in [6.07, 6.45) is 14.6. The number of nitrogens with one attached hydrogen (secondary N) is 1. The lowest BCUT2D eigenvalue weighted by molar-refractivity contribution is 0.262. The van der Waals surface area contributed by atoms with E-state index in [9.17, 15) is 0 Å². The van der Waals surface area contributed by atoms with Crippen LogP contribution in [0.1, 0.15) is 50.7 Å². The molecular weight excluding hydrogens is 304 g/mol. The first-order chi connectivity index (χ1) is 12.4. The molecule has 2 aliphatic carbocycles. The van der Waals surface area contributed by atoms with Gasteiger partial charge in [0, 0.05) is 25.2 Å². The summed E-state index contributed by atoms with van der Waals surface area (Å²) in [5.41, 5.74) is 4.62. The van der Waals surface area contributed by atoms with Crippen molar-refractivity contribution in [2.45, 2.75) is 64.5 Å². The van der Waals surface area contributed by atoms with Crippen LogP contribution in [-0.4, -0.2) is 36.6 Å². The van der Waals surface area contributed by atoms with Crippen molar-refractivity contribution in [2.75, 3.05) is 19.6 Å². The Labute approximate surface area is 154 Å². The van der Waals surface area contributed by atoms with Gasteiger partial charge in [-0.05, 0) is 61.8 Å². The average Bonchev–Trinajstić information content (AvgIpc) is 3.28. The van der Waals surface area contributed by atoms with Crippen LogP contribution in [0, 0.1) is 0 Å². The zero-order valence-electron chi connectivity index (χ0n) is 16.0. The summed E-state index contributed by atoms with van der Waals surface area (Å²) in [5, 5.41) is 3.86. The zero-order valence-corrected chi connectivity index (χ0v) is 16.0. The summed E-state index contributed by atoms with van der Waals surface area (Å²) in [7, 11) is 0. The van der Waals surface area contributed by atoms with E-state index in [0.29, 0.717) is 6.04 Å². The Kier molecular flexibility index (Phi) is 6.89. The van der Waals surface area contributed by atoms with Gasteiger partial charge in [0.15, 0.2) is 0 Å². The number of benzene rings is 1. The summed E-state index contributed by atoms with van der Waals surface area (Å²) < 4.78 is 0. The summed E-state index contributed by atoms with van der Waals surface area (Å²) in [4.78, 5) is 2.69. The standard InChI is InChI=1S/C21H28N2.C2H6/c1-2-7-17(8-3-1)16-23-12-6-11-21(23)15-22-20-13-18-9-4-5-10-19(18)14-20;1-2/h2,4-5,7-10,20-22H,1,3,6,11-16H2;1-2H3. The number of hydrogen-bond acceptors (Lipinski definition) is 2. The van der Waals surface area contributed by atoms with E-state index in [-0.39, 0.29) is 0 Å². The average molecular weight is 339 g/mol. The lowest BCUT2D eigenvalue weighted by atomic mass is 10.1. The molecule has 1 fully saturated rings. The molecule has 1 aromatic rings. The fourth-order valence-corrected chi connectivity index (χ4v) is 4.36. The van der Waals surface area contributed by atoms with E-state index in [1.54, 1.807) is 11.1 Å². The highest BCUT2D eigenvalue weighted by Gasteiger charge is 2.27. The Morgan fingerprint density at radius 1 is 1.08 bits per heavy atom. The Morgan fingerprint density at radius 3 is 2.52 bits per heavy atom. The van der Waals surface area contributed by atoms with Crippen molar-refractivity contribution >= 4 is 0 Å². The molecule has 1 atom stereocenters. The van der Waals surface area contributed by atoms with Gasteiger partial charge < -0.3 is 5.32 Å². The maximum atomic E-state index is 3.86. The third-order valence-electron chi connectivity index (χ3n) is 5.65. The van der Waals surface area contributed by atoms with Crippen LogP contribution in [-0.2, 0) is 12.8 Å². The molecule has 0 saturated carbocycles. The third-order valence-corrected chi connectivity index (χ3v) is 5.65. The monoisotopic (exact) mass is 338 g/mol. The highest BCUT2D eigenvalue weighted by molar-refractivity contribution is 5.33. The van der Waals surface area contributed by atoms with Crippen LogP contribution in [0.25, 0.3) is 0 Å². The number of nitrogens with zero attached hydrogens (tertiary/aromatic N) is 1. The molecule has 0 amide bonds. The van der Waals surface area contributed by atoms with Crippen LogP contribution in [0.15, 0.2) is 48.1 Å². The van der Waals surface area contributed by atoms with E-state index in [4.69, 9.17) is 0 Å².